The molecule has 2 aromatic carbocycles. The quantitative estimate of drug-likeness (QED) is 0.615. The van der Waals surface area contributed by atoms with Crippen LogP contribution in [0, 0.1) is 18.3 Å². The van der Waals surface area contributed by atoms with Gasteiger partial charge in [0.1, 0.15) is 5.75 Å². The molecule has 0 fully saturated rings. The van der Waals surface area contributed by atoms with Crippen LogP contribution in [0.2, 0.25) is 5.02 Å². The molecule has 3 aromatic rings. The Morgan fingerprint density at radius 1 is 1.12 bits per heavy atom. The van der Waals surface area contributed by atoms with E-state index in [1.807, 2.05) is 42.6 Å². The Morgan fingerprint density at radius 3 is 2.56 bits per heavy atom. The Bertz CT molecular complexity index is 873. The molecular weight excluding hydrogens is 354 g/mol. The molecule has 0 radical (unpaired) electrons. The zero-order chi connectivity index (χ0) is 17.6. The van der Waals surface area contributed by atoms with Gasteiger partial charge in [-0.25, -0.2) is 5.43 Å². The van der Waals surface area contributed by atoms with Crippen molar-refractivity contribution in [1.29, 1.82) is 5.26 Å². The molecule has 1 aromatic heterocycles. The van der Waals surface area contributed by atoms with Gasteiger partial charge in [0.05, 0.1) is 17.7 Å². The molecule has 3 rings (SSSR count). The molecule has 1 unspecified atom stereocenters. The summed E-state index contributed by atoms with van der Waals surface area (Å²) in [6, 6.07) is 17.1. The number of nitrogens with one attached hydrogen (secondary N) is 2. The number of thiophene rings is 1. The van der Waals surface area contributed by atoms with Crippen LogP contribution in [0.15, 0.2) is 59.3 Å². The van der Waals surface area contributed by atoms with Crippen molar-refractivity contribution in [3.63, 3.8) is 0 Å². The van der Waals surface area contributed by atoms with E-state index >= 15 is 0 Å². The third-order valence-corrected chi connectivity index (χ3v) is 4.72. The molecule has 1 atom stereocenters. The lowest BCUT2D eigenvalue weighted by molar-refractivity contribution is 0.138. The predicted octanol–water partition coefficient (Wildman–Crippen LogP) is 4.76. The minimum atomic E-state index is -0.0806. The van der Waals surface area contributed by atoms with Crippen LogP contribution in [0.1, 0.15) is 28.3 Å². The van der Waals surface area contributed by atoms with Crippen LogP contribution in [0.4, 0.5) is 0 Å². The third-order valence-electron chi connectivity index (χ3n) is 3.77. The molecule has 0 aliphatic heterocycles. The normalized spacial score (nSPS) is 11.7. The van der Waals surface area contributed by atoms with Crippen LogP contribution < -0.4 is 15.9 Å². The first-order chi connectivity index (χ1) is 12.2. The lowest BCUT2D eigenvalue weighted by Crippen LogP contribution is -2.38. The monoisotopic (exact) mass is 369 g/mol. The molecule has 6 heteroatoms. The molecule has 2 N–H and O–H groups in total. The van der Waals surface area contributed by atoms with E-state index in [2.05, 4.69) is 28.5 Å². The van der Waals surface area contributed by atoms with E-state index in [0.717, 1.165) is 16.7 Å². The summed E-state index contributed by atoms with van der Waals surface area (Å²) in [5, 5.41) is 13.8. The lowest BCUT2D eigenvalue weighted by Gasteiger charge is -2.19. The zero-order valence-corrected chi connectivity index (χ0v) is 15.1. The van der Waals surface area contributed by atoms with Crippen molar-refractivity contribution < 1.29 is 4.84 Å². The van der Waals surface area contributed by atoms with Gasteiger partial charge >= 0.3 is 0 Å². The molecule has 0 aliphatic rings. The molecule has 0 aliphatic carbocycles. The van der Waals surface area contributed by atoms with Gasteiger partial charge in [0.15, 0.2) is 0 Å². The minimum absolute atomic E-state index is 0.0806. The number of hydrazine groups is 1. The summed E-state index contributed by atoms with van der Waals surface area (Å²) in [6.07, 6.45) is 0. The maximum atomic E-state index is 8.98. The summed E-state index contributed by atoms with van der Waals surface area (Å²) >= 11 is 7.62. The summed E-state index contributed by atoms with van der Waals surface area (Å²) in [7, 11) is 0. The fraction of sp³-hybridized carbons (Fsp3) is 0.105. The highest BCUT2D eigenvalue weighted by Gasteiger charge is 2.14. The van der Waals surface area contributed by atoms with Gasteiger partial charge in [-0.1, -0.05) is 29.3 Å². The third kappa shape index (κ3) is 4.38. The molecule has 0 amide bonds. The average Bonchev–Trinajstić information content (AvgIpc) is 3.14. The second-order valence-corrected chi connectivity index (χ2v) is 6.69. The second-order valence-electron chi connectivity index (χ2n) is 5.48. The van der Waals surface area contributed by atoms with Gasteiger partial charge < -0.3 is 4.84 Å². The molecule has 25 heavy (non-hydrogen) atoms. The number of aryl methyl sites for hydroxylation is 1. The summed E-state index contributed by atoms with van der Waals surface area (Å²) in [5.41, 5.74) is 9.68. The van der Waals surface area contributed by atoms with Crippen LogP contribution >= 0.6 is 22.9 Å². The largest absolute Gasteiger partial charge is 0.394 e. The van der Waals surface area contributed by atoms with Gasteiger partial charge in [0, 0.05) is 5.02 Å². The first-order valence-corrected chi connectivity index (χ1v) is 8.95. The topological polar surface area (TPSA) is 57.1 Å². The highest BCUT2D eigenvalue weighted by atomic mass is 35.5. The first-order valence-electron chi connectivity index (χ1n) is 7.63. The smallest absolute Gasteiger partial charge is 0.149 e. The van der Waals surface area contributed by atoms with E-state index in [9.17, 15) is 0 Å². The number of benzene rings is 2. The van der Waals surface area contributed by atoms with Gasteiger partial charge in [-0.15, -0.1) is 0 Å². The molecule has 1 heterocycles. The Kier molecular flexibility index (Phi) is 5.69. The number of rotatable bonds is 6. The van der Waals surface area contributed by atoms with Crippen LogP contribution in [0.25, 0.3) is 0 Å². The summed E-state index contributed by atoms with van der Waals surface area (Å²) < 4.78 is 0. The molecule has 126 valence electrons. The number of nitrogens with zero attached hydrogens (tertiary/aromatic N) is 1. The van der Waals surface area contributed by atoms with Crippen molar-refractivity contribution >= 4 is 22.9 Å². The van der Waals surface area contributed by atoms with E-state index in [4.69, 9.17) is 21.7 Å². The summed E-state index contributed by atoms with van der Waals surface area (Å²) in [5.74, 6) is 0.629. The van der Waals surface area contributed by atoms with Crippen LogP contribution in [0.3, 0.4) is 0 Å². The number of hydrogen-bond donors (Lipinski definition) is 2. The van der Waals surface area contributed by atoms with E-state index in [-0.39, 0.29) is 6.04 Å². The van der Waals surface area contributed by atoms with Gasteiger partial charge in [-0.3, -0.25) is 0 Å². The van der Waals surface area contributed by atoms with E-state index < -0.39 is 0 Å². The minimum Gasteiger partial charge on any atom is -0.394 e. The fourth-order valence-corrected chi connectivity index (χ4v) is 3.24. The Morgan fingerprint density at radius 2 is 1.92 bits per heavy atom. The average molecular weight is 370 g/mol. The lowest BCUT2D eigenvalue weighted by atomic mass is 10.0. The molecule has 0 spiro atoms. The molecule has 0 saturated heterocycles. The SMILES string of the molecule is Cc1cc(ONNC(c2ccc(Cl)cc2)c2ccsc2)ccc1C#N. The number of halogens is 1. The van der Waals surface area contributed by atoms with Crippen molar-refractivity contribution in [1.82, 2.24) is 11.0 Å². The van der Waals surface area contributed by atoms with E-state index in [1.54, 1.807) is 23.5 Å². The maximum absolute atomic E-state index is 8.98. The van der Waals surface area contributed by atoms with Crippen molar-refractivity contribution in [3.8, 4) is 11.8 Å². The number of nitriles is 1. The van der Waals surface area contributed by atoms with Crippen LogP contribution in [-0.4, -0.2) is 0 Å². The first kappa shape index (κ1) is 17.5. The van der Waals surface area contributed by atoms with Gasteiger partial charge in [-0.2, -0.15) is 16.6 Å². The van der Waals surface area contributed by atoms with Crippen molar-refractivity contribution in [3.05, 3.63) is 86.6 Å². The summed E-state index contributed by atoms with van der Waals surface area (Å²) in [6.45, 7) is 1.88. The Hall–Kier alpha value is -2.36. The standard InChI is InChI=1S/C19H16ClN3OS/c1-13-10-18(7-4-15(13)11-21)24-23-22-19(16-8-9-25-12-16)14-2-5-17(20)6-3-14/h2-10,12,19,22-23H,1H3. The maximum Gasteiger partial charge on any atom is 0.149 e. The zero-order valence-electron chi connectivity index (χ0n) is 13.5. The van der Waals surface area contributed by atoms with Crippen molar-refractivity contribution in [2.24, 2.45) is 0 Å². The number of hydrogen-bond acceptors (Lipinski definition) is 5. The molecular formula is C19H16ClN3OS. The second kappa shape index (κ2) is 8.15. The predicted molar refractivity (Wildman–Crippen MR) is 100 cm³/mol. The highest BCUT2D eigenvalue weighted by Crippen LogP contribution is 2.25. The summed E-state index contributed by atoms with van der Waals surface area (Å²) in [4.78, 5) is 5.57. The van der Waals surface area contributed by atoms with Gasteiger partial charge in [0.25, 0.3) is 0 Å². The van der Waals surface area contributed by atoms with Crippen molar-refractivity contribution in [2.75, 3.05) is 0 Å². The van der Waals surface area contributed by atoms with Crippen LogP contribution in [0.5, 0.6) is 5.75 Å². The Labute approximate surface area is 155 Å². The molecule has 4 nitrogen and oxygen atoms in total. The Balaban J connectivity index is 1.70. The molecule has 0 bridgehead atoms. The fourth-order valence-electron chi connectivity index (χ4n) is 2.43. The molecule has 0 saturated carbocycles. The van der Waals surface area contributed by atoms with Crippen molar-refractivity contribution in [2.45, 2.75) is 13.0 Å². The highest BCUT2D eigenvalue weighted by molar-refractivity contribution is 7.08. The van der Waals surface area contributed by atoms with E-state index in [0.29, 0.717) is 16.3 Å². The van der Waals surface area contributed by atoms with Gasteiger partial charge in [0.2, 0.25) is 0 Å². The van der Waals surface area contributed by atoms with Crippen LogP contribution in [-0.2, 0) is 0 Å². The van der Waals surface area contributed by atoms with E-state index in [1.165, 1.54) is 0 Å². The van der Waals surface area contributed by atoms with Gasteiger partial charge in [-0.05, 0) is 70.8 Å².